The van der Waals surface area contributed by atoms with E-state index in [0.29, 0.717) is 5.69 Å². The van der Waals surface area contributed by atoms with Crippen LogP contribution in [0.15, 0.2) is 30.3 Å². The highest BCUT2D eigenvalue weighted by atomic mass is 16.2. The average molecular weight is 267 g/mol. The molecule has 3 fully saturated rings. The number of nitrogens with one attached hydrogen (secondary N) is 1. The lowest BCUT2D eigenvalue weighted by Crippen LogP contribution is -2.82. The number of aryl methyl sites for hydroxylation is 1. The van der Waals surface area contributed by atoms with Gasteiger partial charge in [-0.1, -0.05) is 17.7 Å². The van der Waals surface area contributed by atoms with Crippen molar-refractivity contribution in [2.75, 3.05) is 0 Å². The molecular formula is C16H17N3O. The highest BCUT2D eigenvalue weighted by Gasteiger charge is 2.66. The van der Waals surface area contributed by atoms with Crippen molar-refractivity contribution in [3.63, 3.8) is 0 Å². The Labute approximate surface area is 117 Å². The molecule has 0 atom stereocenters. The number of benzene rings is 1. The molecule has 2 bridgehead atoms. The van der Waals surface area contributed by atoms with Crippen LogP contribution in [-0.4, -0.2) is 22.0 Å². The van der Waals surface area contributed by atoms with Gasteiger partial charge in [-0.15, -0.1) is 0 Å². The van der Waals surface area contributed by atoms with E-state index in [2.05, 4.69) is 16.4 Å². The molecule has 0 saturated heterocycles. The number of hydrogen-bond acceptors (Lipinski definition) is 3. The Morgan fingerprint density at radius 3 is 2.70 bits per heavy atom. The van der Waals surface area contributed by atoms with Crippen LogP contribution in [0, 0.1) is 6.92 Å². The molecule has 3 N–H and O–H groups in total. The third-order valence-corrected chi connectivity index (χ3v) is 4.53. The fourth-order valence-electron chi connectivity index (χ4n) is 3.68. The Balaban J connectivity index is 1.59. The third-order valence-electron chi connectivity index (χ3n) is 4.53. The summed E-state index contributed by atoms with van der Waals surface area (Å²) < 4.78 is 0. The Hall–Kier alpha value is -1.94. The molecular weight excluding hydrogens is 250 g/mol. The number of rotatable bonds is 2. The molecule has 1 heterocycles. The first-order chi connectivity index (χ1) is 9.47. The number of amides is 1. The fraction of sp³-hybridized carbons (Fsp3) is 0.375. The molecule has 20 heavy (non-hydrogen) atoms. The second-order valence-corrected chi connectivity index (χ2v) is 6.52. The van der Waals surface area contributed by atoms with Gasteiger partial charge in [0.1, 0.15) is 5.69 Å². The molecule has 2 aromatic rings. The molecule has 3 aliphatic rings. The molecule has 0 radical (unpaired) electrons. The van der Waals surface area contributed by atoms with Gasteiger partial charge < -0.3 is 11.1 Å². The summed E-state index contributed by atoms with van der Waals surface area (Å²) in [5, 5.41) is 4.16. The molecule has 0 aliphatic heterocycles. The summed E-state index contributed by atoms with van der Waals surface area (Å²) in [6, 6.07) is 9.79. The maximum atomic E-state index is 12.3. The highest BCUT2D eigenvalue weighted by molar-refractivity contribution is 5.95. The smallest absolute Gasteiger partial charge is 0.270 e. The van der Waals surface area contributed by atoms with E-state index in [1.165, 1.54) is 5.56 Å². The van der Waals surface area contributed by atoms with Crippen LogP contribution in [0.2, 0.25) is 0 Å². The number of nitrogens with zero attached hydrogens (tertiary/aromatic N) is 1. The standard InChI is InChI=1S/C16H17N3O/c1-10-2-4-12-11(6-10)3-5-13(18-12)14(20)19-16-7-15(17,8-16)9-16/h2-6H,7-9,17H2,1H3,(H,19,20). The van der Waals surface area contributed by atoms with Crippen molar-refractivity contribution in [2.24, 2.45) is 5.73 Å². The van der Waals surface area contributed by atoms with Gasteiger partial charge in [0, 0.05) is 16.5 Å². The number of carbonyl (C=O) groups is 1. The van der Waals surface area contributed by atoms with Crippen LogP contribution in [0.5, 0.6) is 0 Å². The molecule has 1 aromatic heterocycles. The zero-order valence-electron chi connectivity index (χ0n) is 11.4. The monoisotopic (exact) mass is 267 g/mol. The van der Waals surface area contributed by atoms with Gasteiger partial charge in [0.05, 0.1) is 5.52 Å². The van der Waals surface area contributed by atoms with Crippen molar-refractivity contribution in [1.29, 1.82) is 0 Å². The molecule has 1 amide bonds. The predicted octanol–water partition coefficient (Wildman–Crippen LogP) is 1.91. The van der Waals surface area contributed by atoms with Gasteiger partial charge in [-0.25, -0.2) is 4.98 Å². The molecule has 0 spiro atoms. The van der Waals surface area contributed by atoms with E-state index in [1.807, 2.05) is 25.1 Å². The van der Waals surface area contributed by atoms with Gasteiger partial charge in [-0.2, -0.15) is 0 Å². The highest BCUT2D eigenvalue weighted by Crippen LogP contribution is 2.58. The van der Waals surface area contributed by atoms with E-state index < -0.39 is 0 Å². The molecule has 102 valence electrons. The lowest BCUT2D eigenvalue weighted by atomic mass is 9.44. The number of carbonyl (C=O) groups excluding carboxylic acids is 1. The van der Waals surface area contributed by atoms with Crippen LogP contribution in [0.4, 0.5) is 0 Å². The second-order valence-electron chi connectivity index (χ2n) is 6.52. The molecule has 3 saturated carbocycles. The number of fused-ring (bicyclic) bond motifs is 1. The lowest BCUT2D eigenvalue weighted by Gasteiger charge is -2.68. The Bertz CT molecular complexity index is 718. The van der Waals surface area contributed by atoms with Gasteiger partial charge in [-0.3, -0.25) is 4.79 Å². The fourth-order valence-corrected chi connectivity index (χ4v) is 3.68. The van der Waals surface area contributed by atoms with Gasteiger partial charge >= 0.3 is 0 Å². The molecule has 5 rings (SSSR count). The summed E-state index contributed by atoms with van der Waals surface area (Å²) in [5.41, 5.74) is 8.50. The van der Waals surface area contributed by atoms with Crippen LogP contribution in [0.25, 0.3) is 10.9 Å². The minimum absolute atomic E-state index is 0.00161. The van der Waals surface area contributed by atoms with E-state index in [9.17, 15) is 4.79 Å². The first-order valence-corrected chi connectivity index (χ1v) is 6.96. The van der Waals surface area contributed by atoms with E-state index in [1.54, 1.807) is 6.07 Å². The topological polar surface area (TPSA) is 68.0 Å². The van der Waals surface area contributed by atoms with Crippen LogP contribution < -0.4 is 11.1 Å². The maximum absolute atomic E-state index is 12.3. The van der Waals surface area contributed by atoms with Gasteiger partial charge in [0.15, 0.2) is 0 Å². The first kappa shape index (κ1) is 11.9. The minimum Gasteiger partial charge on any atom is -0.345 e. The van der Waals surface area contributed by atoms with Crippen molar-refractivity contribution in [2.45, 2.75) is 37.3 Å². The van der Waals surface area contributed by atoms with E-state index in [0.717, 1.165) is 30.2 Å². The van der Waals surface area contributed by atoms with Crippen molar-refractivity contribution < 1.29 is 4.79 Å². The van der Waals surface area contributed by atoms with Crippen LogP contribution in [0.1, 0.15) is 35.3 Å². The Kier molecular flexibility index (Phi) is 2.12. The first-order valence-electron chi connectivity index (χ1n) is 6.96. The quantitative estimate of drug-likeness (QED) is 0.873. The minimum atomic E-state index is -0.0887. The molecule has 3 aliphatic carbocycles. The zero-order chi connectivity index (χ0) is 14.0. The summed E-state index contributed by atoms with van der Waals surface area (Å²) in [6.45, 7) is 2.05. The van der Waals surface area contributed by atoms with E-state index >= 15 is 0 Å². The maximum Gasteiger partial charge on any atom is 0.270 e. The second kappa shape index (κ2) is 3.58. The van der Waals surface area contributed by atoms with Gasteiger partial charge in [-0.05, 0) is 44.4 Å². The van der Waals surface area contributed by atoms with E-state index in [-0.39, 0.29) is 17.0 Å². The summed E-state index contributed by atoms with van der Waals surface area (Å²) in [5.74, 6) is -0.0887. The molecule has 4 nitrogen and oxygen atoms in total. The Morgan fingerprint density at radius 1 is 1.25 bits per heavy atom. The molecule has 4 heteroatoms. The summed E-state index contributed by atoms with van der Waals surface area (Å²) in [7, 11) is 0. The van der Waals surface area contributed by atoms with Crippen LogP contribution >= 0.6 is 0 Å². The summed E-state index contributed by atoms with van der Waals surface area (Å²) in [6.07, 6.45) is 2.70. The van der Waals surface area contributed by atoms with E-state index in [4.69, 9.17) is 5.73 Å². The zero-order valence-corrected chi connectivity index (χ0v) is 11.4. The average Bonchev–Trinajstić information content (AvgIpc) is 2.34. The number of pyridine rings is 1. The third kappa shape index (κ3) is 1.64. The number of nitrogens with two attached hydrogens (primary N) is 1. The van der Waals surface area contributed by atoms with Gasteiger partial charge in [0.2, 0.25) is 0 Å². The SMILES string of the molecule is Cc1ccc2nc(C(=O)NC34CC(N)(C3)C4)ccc2c1. The van der Waals surface area contributed by atoms with Crippen molar-refractivity contribution >= 4 is 16.8 Å². The van der Waals surface area contributed by atoms with Gasteiger partial charge in [0.25, 0.3) is 5.91 Å². The van der Waals surface area contributed by atoms with Crippen molar-refractivity contribution in [3.05, 3.63) is 41.6 Å². The summed E-state index contributed by atoms with van der Waals surface area (Å²) >= 11 is 0. The van der Waals surface area contributed by atoms with Crippen LogP contribution in [0.3, 0.4) is 0 Å². The molecule has 0 unspecified atom stereocenters. The number of aromatic nitrogens is 1. The van der Waals surface area contributed by atoms with Crippen LogP contribution in [-0.2, 0) is 0 Å². The van der Waals surface area contributed by atoms with Crippen molar-refractivity contribution in [3.8, 4) is 0 Å². The summed E-state index contributed by atoms with van der Waals surface area (Å²) in [4.78, 5) is 16.7. The normalized spacial score (nSPS) is 30.5. The predicted molar refractivity (Wildman–Crippen MR) is 77.4 cm³/mol. The molecule has 1 aromatic carbocycles. The largest absolute Gasteiger partial charge is 0.345 e. The number of hydrogen-bond donors (Lipinski definition) is 2. The Morgan fingerprint density at radius 2 is 2.00 bits per heavy atom. The lowest BCUT2D eigenvalue weighted by molar-refractivity contribution is -0.0713. The van der Waals surface area contributed by atoms with Crippen molar-refractivity contribution in [1.82, 2.24) is 10.3 Å².